The van der Waals surface area contributed by atoms with Gasteiger partial charge in [0.25, 0.3) is 0 Å². The predicted molar refractivity (Wildman–Crippen MR) is 62.5 cm³/mol. The average molecular weight is 301 g/mol. The number of rotatable bonds is 2. The molecular weight excluding hydrogens is 295 g/mol. The average Bonchev–Trinajstić information content (AvgIpc) is 2.27. The molecule has 0 unspecified atom stereocenters. The molecule has 2 aromatic rings. The molecule has 0 spiro atoms. The van der Waals surface area contributed by atoms with Crippen LogP contribution in [-0.2, 0) is 0 Å². The minimum absolute atomic E-state index is 0.0379. The molecule has 2 aromatic heterocycles. The van der Waals surface area contributed by atoms with E-state index >= 15 is 0 Å². The van der Waals surface area contributed by atoms with Gasteiger partial charge in [0, 0.05) is 6.20 Å². The molecule has 0 saturated heterocycles. The van der Waals surface area contributed by atoms with Crippen LogP contribution in [0.25, 0.3) is 0 Å². The van der Waals surface area contributed by atoms with Crippen molar-refractivity contribution >= 4 is 33.6 Å². The molecule has 0 fully saturated rings. The largest absolute Gasteiger partial charge is 0.368 e. The van der Waals surface area contributed by atoms with E-state index in [4.69, 9.17) is 5.73 Å². The third-order valence-corrected chi connectivity index (χ3v) is 3.55. The third-order valence-electron chi connectivity index (χ3n) is 1.65. The summed E-state index contributed by atoms with van der Waals surface area (Å²) in [6.07, 6.45) is 2.66. The van der Waals surface area contributed by atoms with E-state index in [0.29, 0.717) is 5.03 Å². The minimum atomic E-state index is -0.517. The van der Waals surface area contributed by atoms with Crippen LogP contribution in [0.4, 0.5) is 10.3 Å². The molecule has 16 heavy (non-hydrogen) atoms. The topological polar surface area (TPSA) is 64.7 Å². The highest BCUT2D eigenvalue weighted by molar-refractivity contribution is 9.10. The molecule has 0 aliphatic rings. The molecule has 0 atom stereocenters. The van der Waals surface area contributed by atoms with Gasteiger partial charge in [0.05, 0.1) is 10.7 Å². The summed E-state index contributed by atoms with van der Waals surface area (Å²) in [6.45, 7) is 0. The zero-order valence-electron chi connectivity index (χ0n) is 7.89. The van der Waals surface area contributed by atoms with Gasteiger partial charge in [0.2, 0.25) is 5.95 Å². The number of hydrogen-bond acceptors (Lipinski definition) is 5. The maximum absolute atomic E-state index is 13.3. The smallest absolute Gasteiger partial charge is 0.221 e. The molecule has 0 radical (unpaired) electrons. The van der Waals surface area contributed by atoms with Gasteiger partial charge < -0.3 is 5.73 Å². The van der Waals surface area contributed by atoms with Crippen LogP contribution in [0.3, 0.4) is 0 Å². The van der Waals surface area contributed by atoms with Gasteiger partial charge in [-0.1, -0.05) is 0 Å². The molecular formula is C9H6BrFN4S. The van der Waals surface area contributed by atoms with E-state index in [1.807, 2.05) is 6.07 Å². The van der Waals surface area contributed by atoms with Gasteiger partial charge >= 0.3 is 0 Å². The third kappa shape index (κ3) is 2.48. The summed E-state index contributed by atoms with van der Waals surface area (Å²) < 4.78 is 14.1. The lowest BCUT2D eigenvalue weighted by Gasteiger charge is -2.03. The molecule has 0 amide bonds. The Bertz CT molecular complexity index is 523. The van der Waals surface area contributed by atoms with Gasteiger partial charge in [-0.05, 0) is 39.8 Å². The Morgan fingerprint density at radius 3 is 2.88 bits per heavy atom. The number of halogens is 2. The number of nitrogen functional groups attached to an aromatic ring is 1. The molecule has 0 saturated carbocycles. The van der Waals surface area contributed by atoms with E-state index in [1.165, 1.54) is 0 Å². The van der Waals surface area contributed by atoms with E-state index in [-0.39, 0.29) is 11.0 Å². The van der Waals surface area contributed by atoms with E-state index in [0.717, 1.165) is 22.4 Å². The summed E-state index contributed by atoms with van der Waals surface area (Å²) >= 11 is 4.41. The Labute approximate surface area is 104 Å². The zero-order valence-corrected chi connectivity index (χ0v) is 10.3. The van der Waals surface area contributed by atoms with Gasteiger partial charge in [0.15, 0.2) is 5.82 Å². The molecule has 2 N–H and O–H groups in total. The van der Waals surface area contributed by atoms with Crippen molar-refractivity contribution in [2.75, 3.05) is 5.73 Å². The Morgan fingerprint density at radius 2 is 2.12 bits per heavy atom. The Balaban J connectivity index is 2.34. The highest BCUT2D eigenvalue weighted by atomic mass is 79.9. The van der Waals surface area contributed by atoms with Crippen LogP contribution >= 0.6 is 27.7 Å². The Hall–Kier alpha value is -1.21. The van der Waals surface area contributed by atoms with Gasteiger partial charge in [0.1, 0.15) is 10.1 Å². The fourth-order valence-corrected chi connectivity index (χ4v) is 2.22. The summed E-state index contributed by atoms with van der Waals surface area (Å²) in [5.74, 6) is -0.479. The van der Waals surface area contributed by atoms with Crippen molar-refractivity contribution in [2.24, 2.45) is 0 Å². The van der Waals surface area contributed by atoms with Crippen LogP contribution in [0, 0.1) is 5.82 Å². The summed E-state index contributed by atoms with van der Waals surface area (Å²) in [4.78, 5) is 11.4. The van der Waals surface area contributed by atoms with Gasteiger partial charge in [-0.25, -0.2) is 19.3 Å². The van der Waals surface area contributed by atoms with Crippen LogP contribution in [0.5, 0.6) is 0 Å². The SMILES string of the molecule is Nc1ncc(F)c(Sc2ncccc2Br)n1. The molecule has 0 aromatic carbocycles. The number of anilines is 1. The number of hydrogen-bond donors (Lipinski definition) is 1. The zero-order chi connectivity index (χ0) is 11.5. The van der Waals surface area contributed by atoms with Crippen molar-refractivity contribution in [3.05, 3.63) is 34.8 Å². The fraction of sp³-hybridized carbons (Fsp3) is 0. The Morgan fingerprint density at radius 1 is 1.31 bits per heavy atom. The molecule has 0 aliphatic heterocycles. The molecule has 82 valence electrons. The second-order valence-electron chi connectivity index (χ2n) is 2.77. The molecule has 0 aliphatic carbocycles. The normalized spacial score (nSPS) is 10.4. The summed E-state index contributed by atoms with van der Waals surface area (Å²) in [5, 5.41) is 0.784. The number of pyridine rings is 1. The van der Waals surface area contributed by atoms with Crippen LogP contribution in [0.2, 0.25) is 0 Å². The first-order valence-electron chi connectivity index (χ1n) is 4.23. The van der Waals surface area contributed by atoms with Crippen molar-refractivity contribution in [3.8, 4) is 0 Å². The first-order chi connectivity index (χ1) is 7.66. The lowest BCUT2D eigenvalue weighted by atomic mass is 10.5. The maximum Gasteiger partial charge on any atom is 0.221 e. The quantitative estimate of drug-likeness (QED) is 0.863. The number of aromatic nitrogens is 3. The van der Waals surface area contributed by atoms with Gasteiger partial charge in [-0.15, -0.1) is 0 Å². The molecule has 4 nitrogen and oxygen atoms in total. The maximum atomic E-state index is 13.3. The molecule has 2 heterocycles. The van der Waals surface area contributed by atoms with E-state index in [1.54, 1.807) is 12.3 Å². The van der Waals surface area contributed by atoms with Crippen molar-refractivity contribution in [3.63, 3.8) is 0 Å². The first kappa shape index (κ1) is 11.3. The first-order valence-corrected chi connectivity index (χ1v) is 5.84. The van der Waals surface area contributed by atoms with Crippen LogP contribution in [0.15, 0.2) is 39.1 Å². The summed E-state index contributed by atoms with van der Waals surface area (Å²) in [7, 11) is 0. The van der Waals surface area contributed by atoms with Gasteiger partial charge in [-0.2, -0.15) is 0 Å². The fourth-order valence-electron chi connectivity index (χ4n) is 0.974. The standard InChI is InChI=1S/C9H6BrFN4S/c10-5-2-1-3-13-7(5)16-8-6(11)4-14-9(12)15-8/h1-4H,(H2,12,14,15). The number of nitrogens with zero attached hydrogens (tertiary/aromatic N) is 3. The van der Waals surface area contributed by atoms with Crippen LogP contribution in [0.1, 0.15) is 0 Å². The summed E-state index contributed by atoms with van der Waals surface area (Å²) in [6, 6.07) is 3.59. The van der Waals surface area contributed by atoms with E-state index in [9.17, 15) is 4.39 Å². The molecule has 7 heteroatoms. The molecule has 2 rings (SSSR count). The number of nitrogens with two attached hydrogens (primary N) is 1. The highest BCUT2D eigenvalue weighted by Crippen LogP contribution is 2.31. The lowest BCUT2D eigenvalue weighted by molar-refractivity contribution is 0.580. The van der Waals surface area contributed by atoms with Crippen LogP contribution < -0.4 is 5.73 Å². The lowest BCUT2D eigenvalue weighted by Crippen LogP contribution is -1.98. The molecule has 0 bridgehead atoms. The minimum Gasteiger partial charge on any atom is -0.368 e. The highest BCUT2D eigenvalue weighted by Gasteiger charge is 2.10. The Kier molecular flexibility index (Phi) is 3.35. The predicted octanol–water partition coefficient (Wildman–Crippen LogP) is 2.51. The van der Waals surface area contributed by atoms with Gasteiger partial charge in [-0.3, -0.25) is 0 Å². The second-order valence-corrected chi connectivity index (χ2v) is 4.61. The van der Waals surface area contributed by atoms with Crippen LogP contribution in [-0.4, -0.2) is 15.0 Å². The van der Waals surface area contributed by atoms with Crippen molar-refractivity contribution < 1.29 is 4.39 Å². The van der Waals surface area contributed by atoms with Crippen molar-refractivity contribution in [1.29, 1.82) is 0 Å². The van der Waals surface area contributed by atoms with E-state index in [2.05, 4.69) is 30.9 Å². The van der Waals surface area contributed by atoms with Crippen molar-refractivity contribution in [2.45, 2.75) is 10.1 Å². The van der Waals surface area contributed by atoms with E-state index < -0.39 is 5.82 Å². The second kappa shape index (κ2) is 4.75. The van der Waals surface area contributed by atoms with Crippen molar-refractivity contribution in [1.82, 2.24) is 15.0 Å². The summed E-state index contributed by atoms with van der Waals surface area (Å²) in [5.41, 5.74) is 5.38. The monoisotopic (exact) mass is 300 g/mol.